The number of rotatable bonds is 3. The van der Waals surface area contributed by atoms with E-state index >= 15 is 0 Å². The zero-order valence-electron chi connectivity index (χ0n) is 9.50. The summed E-state index contributed by atoms with van der Waals surface area (Å²) in [6.07, 6.45) is 0.231. The summed E-state index contributed by atoms with van der Waals surface area (Å²) in [6.45, 7) is 0. The van der Waals surface area contributed by atoms with Crippen molar-refractivity contribution in [1.82, 2.24) is 0 Å². The van der Waals surface area contributed by atoms with Crippen LogP contribution in [-0.2, 0) is 11.0 Å². The highest BCUT2D eigenvalue weighted by Crippen LogP contribution is 2.29. The number of benzene rings is 1. The fourth-order valence-electron chi connectivity index (χ4n) is 1.22. The van der Waals surface area contributed by atoms with E-state index in [2.05, 4.69) is 11.8 Å². The molecule has 94 valence electrons. The van der Waals surface area contributed by atoms with Crippen LogP contribution in [-0.4, -0.2) is 6.29 Å². The van der Waals surface area contributed by atoms with E-state index in [1.165, 1.54) is 18.2 Å². The van der Waals surface area contributed by atoms with Crippen molar-refractivity contribution in [2.45, 2.75) is 19.0 Å². The molecule has 1 nitrogen and oxygen atoms in total. The van der Waals surface area contributed by atoms with Crippen LogP contribution in [0.5, 0.6) is 0 Å². The summed E-state index contributed by atoms with van der Waals surface area (Å²) >= 11 is 0. The third-order valence-electron chi connectivity index (χ3n) is 2.06. The first-order valence-electron chi connectivity index (χ1n) is 5.30. The van der Waals surface area contributed by atoms with Gasteiger partial charge < -0.3 is 4.79 Å². The second-order valence-corrected chi connectivity index (χ2v) is 3.48. The zero-order chi connectivity index (χ0) is 13.4. The predicted molar refractivity (Wildman–Crippen MR) is 63.6 cm³/mol. The molecule has 0 aliphatic heterocycles. The maximum absolute atomic E-state index is 12.4. The third kappa shape index (κ3) is 4.88. The van der Waals surface area contributed by atoms with Crippen LogP contribution in [0.3, 0.4) is 0 Å². The molecule has 0 fully saturated rings. The summed E-state index contributed by atoms with van der Waals surface area (Å²) < 4.78 is 37.2. The number of hydrogen-bond acceptors (Lipinski definition) is 1. The van der Waals surface area contributed by atoms with Gasteiger partial charge in [-0.3, -0.25) is 0 Å². The summed E-state index contributed by atoms with van der Waals surface area (Å²) in [6, 6.07) is 5.00. The van der Waals surface area contributed by atoms with E-state index in [1.807, 2.05) is 0 Å². The third-order valence-corrected chi connectivity index (χ3v) is 2.06. The Morgan fingerprint density at radius 1 is 1.28 bits per heavy atom. The molecule has 4 heteroatoms. The van der Waals surface area contributed by atoms with Crippen LogP contribution in [0.1, 0.15) is 24.0 Å². The van der Waals surface area contributed by atoms with Crippen LogP contribution in [0.15, 0.2) is 30.3 Å². The van der Waals surface area contributed by atoms with Crippen molar-refractivity contribution in [2.75, 3.05) is 0 Å². The highest BCUT2D eigenvalue weighted by molar-refractivity contribution is 5.54. The SMILES string of the molecule is O=CCCC#CC=Cc1cccc(C(F)(F)F)c1. The zero-order valence-corrected chi connectivity index (χ0v) is 9.50. The molecule has 0 atom stereocenters. The van der Waals surface area contributed by atoms with Gasteiger partial charge in [0.15, 0.2) is 0 Å². The number of hydrogen-bond donors (Lipinski definition) is 0. The second kappa shape index (κ2) is 6.65. The molecule has 0 heterocycles. The Labute approximate surface area is 103 Å². The van der Waals surface area contributed by atoms with E-state index in [-0.39, 0.29) is 0 Å². The number of carbonyl (C=O) groups excluding carboxylic acids is 1. The van der Waals surface area contributed by atoms with Gasteiger partial charge in [0.25, 0.3) is 0 Å². The van der Waals surface area contributed by atoms with Crippen molar-refractivity contribution in [3.63, 3.8) is 0 Å². The van der Waals surface area contributed by atoms with Crippen molar-refractivity contribution in [1.29, 1.82) is 0 Å². The molecule has 0 aromatic heterocycles. The molecule has 1 aromatic carbocycles. The quantitative estimate of drug-likeness (QED) is 0.455. The fourth-order valence-corrected chi connectivity index (χ4v) is 1.22. The first kappa shape index (κ1) is 14.0. The lowest BCUT2D eigenvalue weighted by Crippen LogP contribution is -2.04. The van der Waals surface area contributed by atoms with Gasteiger partial charge in [-0.1, -0.05) is 24.0 Å². The Morgan fingerprint density at radius 3 is 2.72 bits per heavy atom. The maximum Gasteiger partial charge on any atom is 0.416 e. The number of alkyl halides is 3. The highest BCUT2D eigenvalue weighted by atomic mass is 19.4. The molecule has 1 aromatic rings. The standard InChI is InChI=1S/C14H11F3O/c15-14(16,17)13-9-6-8-12(11-13)7-4-2-1-3-5-10-18/h4,6-11H,3,5H2. The Balaban J connectivity index is 2.70. The first-order chi connectivity index (χ1) is 8.54. The molecule has 0 aliphatic carbocycles. The van der Waals surface area contributed by atoms with E-state index < -0.39 is 11.7 Å². The van der Waals surface area contributed by atoms with E-state index in [9.17, 15) is 18.0 Å². The Hall–Kier alpha value is -2.02. The number of allylic oxidation sites excluding steroid dienone is 1. The average Bonchev–Trinajstić information content (AvgIpc) is 2.33. The summed E-state index contributed by atoms with van der Waals surface area (Å²) in [4.78, 5) is 10.00. The largest absolute Gasteiger partial charge is 0.416 e. The van der Waals surface area contributed by atoms with Crippen molar-refractivity contribution >= 4 is 12.4 Å². The van der Waals surface area contributed by atoms with Gasteiger partial charge in [-0.05, 0) is 29.8 Å². The maximum atomic E-state index is 12.4. The number of halogens is 3. The Bertz CT molecular complexity index is 490. The Kier molecular flexibility index (Phi) is 5.19. The van der Waals surface area contributed by atoms with Crippen LogP contribution in [0.25, 0.3) is 6.08 Å². The minimum absolute atomic E-state index is 0.365. The van der Waals surface area contributed by atoms with Crippen LogP contribution in [0.2, 0.25) is 0 Å². The molecular formula is C14H11F3O. The van der Waals surface area contributed by atoms with Crippen LogP contribution in [0.4, 0.5) is 13.2 Å². The Morgan fingerprint density at radius 2 is 2.06 bits per heavy atom. The van der Waals surface area contributed by atoms with E-state index in [0.29, 0.717) is 18.4 Å². The van der Waals surface area contributed by atoms with Crippen LogP contribution >= 0.6 is 0 Å². The second-order valence-electron chi connectivity index (χ2n) is 3.48. The van der Waals surface area contributed by atoms with Gasteiger partial charge in [0.2, 0.25) is 0 Å². The molecule has 18 heavy (non-hydrogen) atoms. The van der Waals surface area contributed by atoms with Gasteiger partial charge in [0, 0.05) is 12.8 Å². The van der Waals surface area contributed by atoms with Gasteiger partial charge >= 0.3 is 6.18 Å². The van der Waals surface area contributed by atoms with Gasteiger partial charge in [-0.2, -0.15) is 13.2 Å². The fraction of sp³-hybridized carbons (Fsp3) is 0.214. The van der Waals surface area contributed by atoms with Crippen LogP contribution in [0, 0.1) is 11.8 Å². The number of carbonyl (C=O) groups is 1. The normalized spacial score (nSPS) is 11.1. The lowest BCUT2D eigenvalue weighted by Gasteiger charge is -2.06. The summed E-state index contributed by atoms with van der Waals surface area (Å²) in [5, 5.41) is 0. The molecule has 0 spiro atoms. The molecule has 0 aliphatic rings. The molecule has 0 saturated heterocycles. The molecular weight excluding hydrogens is 241 g/mol. The first-order valence-corrected chi connectivity index (χ1v) is 5.30. The minimum Gasteiger partial charge on any atom is -0.303 e. The van der Waals surface area contributed by atoms with Gasteiger partial charge in [0.05, 0.1) is 5.56 Å². The molecule has 0 bridgehead atoms. The van der Waals surface area contributed by atoms with Crippen molar-refractivity contribution < 1.29 is 18.0 Å². The van der Waals surface area contributed by atoms with Crippen LogP contribution < -0.4 is 0 Å². The topological polar surface area (TPSA) is 17.1 Å². The minimum atomic E-state index is -4.33. The molecule has 0 unspecified atom stereocenters. The molecule has 0 N–H and O–H groups in total. The van der Waals surface area contributed by atoms with Crippen molar-refractivity contribution in [3.8, 4) is 11.8 Å². The number of unbranched alkanes of at least 4 members (excludes halogenated alkanes) is 1. The van der Waals surface area contributed by atoms with Crippen molar-refractivity contribution in [2.24, 2.45) is 0 Å². The van der Waals surface area contributed by atoms with E-state index in [1.54, 1.807) is 6.07 Å². The summed E-state index contributed by atoms with van der Waals surface area (Å²) in [5.74, 6) is 5.37. The highest BCUT2D eigenvalue weighted by Gasteiger charge is 2.30. The lowest BCUT2D eigenvalue weighted by molar-refractivity contribution is -0.137. The lowest BCUT2D eigenvalue weighted by atomic mass is 10.1. The molecule has 1 rings (SSSR count). The summed E-state index contributed by atoms with van der Waals surface area (Å²) in [7, 11) is 0. The molecule has 0 radical (unpaired) electrons. The predicted octanol–water partition coefficient (Wildman–Crippen LogP) is 3.70. The van der Waals surface area contributed by atoms with Crippen molar-refractivity contribution in [3.05, 3.63) is 41.5 Å². The smallest absolute Gasteiger partial charge is 0.303 e. The summed E-state index contributed by atoms with van der Waals surface area (Å²) in [5.41, 5.74) is -0.243. The average molecular weight is 252 g/mol. The molecule has 0 saturated carbocycles. The van der Waals surface area contributed by atoms with Gasteiger partial charge in [0.1, 0.15) is 6.29 Å². The van der Waals surface area contributed by atoms with Gasteiger partial charge in [-0.25, -0.2) is 0 Å². The van der Waals surface area contributed by atoms with Gasteiger partial charge in [-0.15, -0.1) is 0 Å². The monoisotopic (exact) mass is 252 g/mol. The van der Waals surface area contributed by atoms with E-state index in [0.717, 1.165) is 18.4 Å². The number of aldehydes is 1. The van der Waals surface area contributed by atoms with E-state index in [4.69, 9.17) is 0 Å². The molecule has 0 amide bonds.